The second-order valence-corrected chi connectivity index (χ2v) is 12.0. The standard InChI is InChI=1S/C14H18N4O4S.C11H14N4O4S/c1-14(2)21-11-8(6-19)20-10(12(11)22-14)7-4-15-9-5-16-13(23-3)17-18(7)9;1-20-11-13-3-7-12-2-5(15(7)14-11)10-9(18)8(17)6(4-16)19-10/h4-5,8,10-12,19H,6H2,1-3H3;2-3,6,8-10,16-18H,4H2,1H3/t8-,10+,11-,12+;6-,8-,9-,10+/m11/s1. The van der Waals surface area contributed by atoms with Crippen molar-refractivity contribution >= 4 is 34.8 Å². The van der Waals surface area contributed by atoms with E-state index in [1.165, 1.54) is 34.2 Å². The van der Waals surface area contributed by atoms with Crippen molar-refractivity contribution in [2.75, 3.05) is 25.7 Å². The third-order valence-electron chi connectivity index (χ3n) is 7.35. The summed E-state index contributed by atoms with van der Waals surface area (Å²) in [6.07, 6.45) is 4.90. The van der Waals surface area contributed by atoms with E-state index in [0.717, 1.165) is 5.69 Å². The molecule has 0 radical (unpaired) electrons. The van der Waals surface area contributed by atoms with Crippen LogP contribution in [-0.2, 0) is 18.9 Å². The molecular formula is C25H32N8O8S2. The van der Waals surface area contributed by atoms with Gasteiger partial charge in [-0.25, -0.2) is 29.0 Å². The van der Waals surface area contributed by atoms with Crippen LogP contribution in [0.15, 0.2) is 35.1 Å². The van der Waals surface area contributed by atoms with Gasteiger partial charge in [0, 0.05) is 0 Å². The number of hydrogen-bond donors (Lipinski definition) is 4. The van der Waals surface area contributed by atoms with Crippen molar-refractivity contribution in [1.29, 1.82) is 0 Å². The highest BCUT2D eigenvalue weighted by Crippen LogP contribution is 2.45. The Balaban J connectivity index is 0.000000155. The second-order valence-electron chi connectivity index (χ2n) is 10.5. The van der Waals surface area contributed by atoms with E-state index in [1.807, 2.05) is 26.4 Å². The maximum absolute atomic E-state index is 10.0. The number of rotatable bonds is 6. The van der Waals surface area contributed by atoms with Gasteiger partial charge in [0.05, 0.1) is 49.4 Å². The SMILES string of the molecule is CSc1ncc2ncc([C@@H]3O[C@H](CO)[C@@H](O)[C@H]3O)n2n1.CSc1ncc2ncc([C@@H]3O[C@H](CO)[C@H]4OC(C)(C)O[C@H]43)n2n1. The highest BCUT2D eigenvalue weighted by atomic mass is 32.2. The Morgan fingerprint density at radius 1 is 0.721 bits per heavy atom. The van der Waals surface area contributed by atoms with Crippen LogP contribution < -0.4 is 0 Å². The summed E-state index contributed by atoms with van der Waals surface area (Å²) in [7, 11) is 0. The van der Waals surface area contributed by atoms with E-state index in [-0.39, 0.29) is 25.4 Å². The Kier molecular flexibility index (Phi) is 8.59. The summed E-state index contributed by atoms with van der Waals surface area (Å²) in [4.78, 5) is 16.8. The van der Waals surface area contributed by atoms with Crippen molar-refractivity contribution in [2.45, 2.75) is 78.8 Å². The molecule has 0 saturated carbocycles. The van der Waals surface area contributed by atoms with Crippen molar-refractivity contribution in [3.8, 4) is 0 Å². The topological polar surface area (TPSA) is 204 Å². The molecule has 4 N–H and O–H groups in total. The van der Waals surface area contributed by atoms with E-state index < -0.39 is 42.4 Å². The third kappa shape index (κ3) is 5.60. The number of aliphatic hydroxyl groups is 4. The quantitative estimate of drug-likeness (QED) is 0.202. The fraction of sp³-hybridized carbons (Fsp3) is 0.600. The molecule has 7 heterocycles. The van der Waals surface area contributed by atoms with Gasteiger partial charge in [-0.2, -0.15) is 0 Å². The van der Waals surface area contributed by atoms with Crippen molar-refractivity contribution in [1.82, 2.24) is 39.2 Å². The Morgan fingerprint density at radius 3 is 1.74 bits per heavy atom. The smallest absolute Gasteiger partial charge is 0.207 e. The first kappa shape index (κ1) is 30.5. The molecule has 0 aliphatic carbocycles. The first-order chi connectivity index (χ1) is 20.7. The lowest BCUT2D eigenvalue weighted by molar-refractivity contribution is -0.191. The highest BCUT2D eigenvalue weighted by molar-refractivity contribution is 7.98. The zero-order valence-electron chi connectivity index (χ0n) is 23.7. The zero-order valence-corrected chi connectivity index (χ0v) is 25.3. The molecule has 232 valence electrons. The highest BCUT2D eigenvalue weighted by Gasteiger charge is 2.56. The fourth-order valence-corrected chi connectivity index (χ4v) is 6.02. The van der Waals surface area contributed by atoms with E-state index in [1.54, 1.807) is 23.1 Å². The first-order valence-corrected chi connectivity index (χ1v) is 15.9. The minimum absolute atomic E-state index is 0.126. The van der Waals surface area contributed by atoms with Crippen molar-refractivity contribution in [2.24, 2.45) is 0 Å². The predicted octanol–water partition coefficient (Wildman–Crippen LogP) is -0.201. The van der Waals surface area contributed by atoms with Gasteiger partial charge in [-0.3, -0.25) is 0 Å². The molecule has 18 heteroatoms. The lowest BCUT2D eigenvalue weighted by Crippen LogP contribution is -2.32. The molecule has 8 atom stereocenters. The van der Waals surface area contributed by atoms with Crippen LogP contribution in [-0.4, -0.2) is 128 Å². The van der Waals surface area contributed by atoms with Gasteiger partial charge >= 0.3 is 0 Å². The minimum Gasteiger partial charge on any atom is -0.394 e. The molecule has 4 aromatic rings. The van der Waals surface area contributed by atoms with Crippen molar-refractivity contribution in [3.05, 3.63) is 36.2 Å². The predicted molar refractivity (Wildman–Crippen MR) is 150 cm³/mol. The number of hydrogen-bond acceptors (Lipinski definition) is 16. The lowest BCUT2D eigenvalue weighted by Gasteiger charge is -2.23. The molecule has 0 bridgehead atoms. The van der Waals surface area contributed by atoms with Gasteiger partial charge in [0.25, 0.3) is 0 Å². The summed E-state index contributed by atoms with van der Waals surface area (Å²) in [5.74, 6) is -0.704. The average molecular weight is 637 g/mol. The molecule has 3 saturated heterocycles. The maximum atomic E-state index is 10.0. The van der Waals surface area contributed by atoms with Crippen LogP contribution in [0.25, 0.3) is 11.3 Å². The summed E-state index contributed by atoms with van der Waals surface area (Å²) in [6, 6.07) is 0. The van der Waals surface area contributed by atoms with Crippen molar-refractivity contribution in [3.63, 3.8) is 0 Å². The lowest BCUT2D eigenvalue weighted by atomic mass is 10.1. The van der Waals surface area contributed by atoms with Gasteiger partial charge < -0.3 is 39.4 Å². The van der Waals surface area contributed by atoms with Crippen LogP contribution in [0.2, 0.25) is 0 Å². The summed E-state index contributed by atoms with van der Waals surface area (Å²) < 4.78 is 26.6. The summed E-state index contributed by atoms with van der Waals surface area (Å²) in [5, 5.41) is 48.5. The van der Waals surface area contributed by atoms with Crippen LogP contribution in [0.1, 0.15) is 37.4 Å². The van der Waals surface area contributed by atoms with E-state index >= 15 is 0 Å². The maximum Gasteiger partial charge on any atom is 0.207 e. The minimum atomic E-state index is -1.14. The summed E-state index contributed by atoms with van der Waals surface area (Å²) >= 11 is 2.84. The zero-order chi connectivity index (χ0) is 30.5. The average Bonchev–Trinajstić information content (AvgIpc) is 3.81. The molecule has 0 spiro atoms. The normalized spacial score (nSPS) is 31.4. The first-order valence-electron chi connectivity index (χ1n) is 13.4. The molecule has 3 fully saturated rings. The molecule has 0 aromatic carbocycles. The Labute approximate surface area is 253 Å². The van der Waals surface area contributed by atoms with Crippen LogP contribution >= 0.6 is 23.5 Å². The molecule has 43 heavy (non-hydrogen) atoms. The number of fused-ring (bicyclic) bond motifs is 3. The van der Waals surface area contributed by atoms with Crippen LogP contribution in [0, 0.1) is 0 Å². The number of thioether (sulfide) groups is 2. The molecular weight excluding hydrogens is 604 g/mol. The second kappa shape index (κ2) is 12.1. The van der Waals surface area contributed by atoms with E-state index in [4.69, 9.17) is 24.1 Å². The number of ether oxygens (including phenoxy) is 4. The molecule has 3 aliphatic rings. The van der Waals surface area contributed by atoms with Crippen LogP contribution in [0.4, 0.5) is 0 Å². The van der Waals surface area contributed by atoms with Gasteiger partial charge in [0.1, 0.15) is 48.8 Å². The van der Waals surface area contributed by atoms with E-state index in [0.29, 0.717) is 27.3 Å². The number of aliphatic hydroxyl groups excluding tert-OH is 4. The molecule has 0 unspecified atom stereocenters. The molecule has 4 aromatic heterocycles. The van der Waals surface area contributed by atoms with E-state index in [9.17, 15) is 15.3 Å². The summed E-state index contributed by atoms with van der Waals surface area (Å²) in [5.41, 5.74) is 2.45. The third-order valence-corrected chi connectivity index (χ3v) is 8.46. The van der Waals surface area contributed by atoms with Crippen LogP contribution in [0.5, 0.6) is 0 Å². The molecule has 16 nitrogen and oxygen atoms in total. The molecule has 7 rings (SSSR count). The largest absolute Gasteiger partial charge is 0.394 e. The van der Waals surface area contributed by atoms with Gasteiger partial charge in [-0.05, 0) is 26.4 Å². The Morgan fingerprint density at radius 2 is 1.23 bits per heavy atom. The number of nitrogens with zero attached hydrogens (tertiary/aromatic N) is 8. The van der Waals surface area contributed by atoms with Gasteiger partial charge in [-0.1, -0.05) is 23.5 Å². The number of imidazole rings is 2. The monoisotopic (exact) mass is 636 g/mol. The fourth-order valence-electron chi connectivity index (χ4n) is 5.38. The molecule has 3 aliphatic heterocycles. The summed E-state index contributed by atoms with van der Waals surface area (Å²) in [6.45, 7) is 3.23. The number of aromatic nitrogens is 8. The molecule has 0 amide bonds. The Hall–Kier alpha value is -2.52. The van der Waals surface area contributed by atoms with Gasteiger partial charge in [0.2, 0.25) is 10.3 Å². The van der Waals surface area contributed by atoms with Gasteiger partial charge in [-0.15, -0.1) is 10.2 Å². The van der Waals surface area contributed by atoms with Crippen LogP contribution in [0.3, 0.4) is 0 Å². The Bertz CT molecular complexity index is 1590. The van der Waals surface area contributed by atoms with Crippen molar-refractivity contribution < 1.29 is 39.4 Å². The van der Waals surface area contributed by atoms with Gasteiger partial charge in [0.15, 0.2) is 17.1 Å². The van der Waals surface area contributed by atoms with E-state index in [2.05, 4.69) is 30.1 Å².